The molecule has 1 spiro atoms. The molecular weight excluding hydrogens is 805 g/mol. The van der Waals surface area contributed by atoms with E-state index < -0.39 is 57.5 Å². The molecule has 7 aliphatic rings. The largest absolute Gasteiger partial charge is 0.496 e. The second-order valence-electron chi connectivity index (χ2n) is 19.5. The van der Waals surface area contributed by atoms with Crippen molar-refractivity contribution >= 4 is 40.3 Å². The molecule has 3 saturated heterocycles. The first kappa shape index (κ1) is 42.2. The van der Waals surface area contributed by atoms with Gasteiger partial charge in [0, 0.05) is 103 Å². The maximum atomic E-state index is 15.6. The van der Waals surface area contributed by atoms with Gasteiger partial charge in [0.2, 0.25) is 5.60 Å². The summed E-state index contributed by atoms with van der Waals surface area (Å²) in [7, 11) is 6.15. The summed E-state index contributed by atoms with van der Waals surface area (Å²) in [4.78, 5) is 66.8. The number of nitrogens with zero attached hydrogens (tertiary/aromatic N) is 3. The zero-order valence-corrected chi connectivity index (χ0v) is 37.6. The van der Waals surface area contributed by atoms with Crippen molar-refractivity contribution in [1.82, 2.24) is 14.8 Å². The van der Waals surface area contributed by atoms with Crippen LogP contribution in [0.15, 0.2) is 48.6 Å². The number of epoxide rings is 1. The summed E-state index contributed by atoms with van der Waals surface area (Å²) in [5.74, 6) is -1.56. The number of Topliss-reactive ketones (excluding diaryl/α,β-unsaturated/α-hetero) is 1. The molecule has 6 aliphatic heterocycles. The first-order valence-corrected chi connectivity index (χ1v) is 22.6. The topological polar surface area (TPSA) is 163 Å². The van der Waals surface area contributed by atoms with Crippen LogP contribution in [0.4, 0.5) is 5.69 Å². The second kappa shape index (κ2) is 14.4. The number of aromatic amines is 1. The number of anilines is 1. The van der Waals surface area contributed by atoms with Crippen LogP contribution < -0.4 is 9.64 Å². The molecule has 3 aromatic rings. The predicted octanol–water partition coefficient (Wildman–Crippen LogP) is 4.36. The van der Waals surface area contributed by atoms with Gasteiger partial charge in [-0.15, -0.1) is 0 Å². The Hall–Kier alpha value is -4.76. The Labute approximate surface area is 368 Å². The molecule has 4 unspecified atom stereocenters. The fourth-order valence-electron chi connectivity index (χ4n) is 14.5. The molecule has 12 atom stereocenters. The normalized spacial score (nSPS) is 38.2. The Morgan fingerprint density at radius 3 is 2.41 bits per heavy atom. The molecule has 0 radical (unpaired) electrons. The molecule has 63 heavy (non-hydrogen) atoms. The quantitative estimate of drug-likeness (QED) is 0.135. The maximum absolute atomic E-state index is 15.6. The smallest absolute Gasteiger partial charge is 0.344 e. The van der Waals surface area contributed by atoms with Crippen LogP contribution >= 0.6 is 0 Å². The summed E-state index contributed by atoms with van der Waals surface area (Å²) >= 11 is 0. The standard InChI is InChI=1S/C49H60N4O10/c1-9-45-16-13-18-52-19-17-47(40(45)52)33-22-34(37(59-6)23-36(33)51(5)41(47)49(58,44(57)61-8)42(45)62-28(4)55)48(43(56)60-7)24-29-25-53(26-46(10-2)39(29)63-46)30(20-27(3)54)21-32-31-14-11-12-15-35(31)50-38(32)48/h11-16,22-23,29-30,39-42,50,58H,9-10,17-21,24-26H2,1-8H3/t29?,30-,39?,40-,41-,42-,45?,46+,47-,48+,49+/m1/s1. The van der Waals surface area contributed by atoms with Gasteiger partial charge in [-0.05, 0) is 68.8 Å². The van der Waals surface area contributed by atoms with E-state index in [0.29, 0.717) is 75.3 Å². The number of methoxy groups -OCH3 is 3. The Kier molecular flexibility index (Phi) is 9.63. The number of aliphatic hydroxyl groups is 1. The average Bonchev–Trinajstić information content (AvgIpc) is 3.59. The van der Waals surface area contributed by atoms with Crippen molar-refractivity contribution in [3.05, 3.63) is 70.9 Å². The average molecular weight is 865 g/mol. The van der Waals surface area contributed by atoms with E-state index in [1.54, 1.807) is 14.0 Å². The van der Waals surface area contributed by atoms with E-state index in [1.165, 1.54) is 21.1 Å². The number of nitrogens with one attached hydrogen (secondary N) is 1. The van der Waals surface area contributed by atoms with Gasteiger partial charge in [-0.3, -0.25) is 24.2 Å². The van der Waals surface area contributed by atoms with Gasteiger partial charge in [-0.2, -0.15) is 0 Å². The van der Waals surface area contributed by atoms with Gasteiger partial charge in [-0.1, -0.05) is 44.2 Å². The zero-order valence-electron chi connectivity index (χ0n) is 37.6. The van der Waals surface area contributed by atoms with E-state index >= 15 is 4.79 Å². The number of carbonyl (C=O) groups is 4. The first-order valence-electron chi connectivity index (χ1n) is 22.6. The highest BCUT2D eigenvalue weighted by Gasteiger charge is 2.80. The third-order valence-electron chi connectivity index (χ3n) is 16.8. The van der Waals surface area contributed by atoms with Crippen LogP contribution in [0.25, 0.3) is 10.9 Å². The molecule has 14 nitrogen and oxygen atoms in total. The molecule has 14 heteroatoms. The molecular formula is C49H60N4O10. The van der Waals surface area contributed by atoms with Crippen molar-refractivity contribution in [2.75, 3.05) is 59.5 Å². The van der Waals surface area contributed by atoms with Crippen LogP contribution in [0, 0.1) is 11.3 Å². The lowest BCUT2D eigenvalue weighted by molar-refractivity contribution is -0.228. The van der Waals surface area contributed by atoms with Crippen LogP contribution in [0.3, 0.4) is 0 Å². The number of fused-ring (bicyclic) bond motifs is 8. The number of piperidine rings is 1. The summed E-state index contributed by atoms with van der Waals surface area (Å²) in [5.41, 5.74) is -1.45. The number of ketones is 1. The summed E-state index contributed by atoms with van der Waals surface area (Å²) in [5, 5.41) is 14.4. The summed E-state index contributed by atoms with van der Waals surface area (Å²) < 4.78 is 30.8. The molecule has 4 fully saturated rings. The van der Waals surface area contributed by atoms with Crippen molar-refractivity contribution in [3.8, 4) is 5.75 Å². The summed E-state index contributed by atoms with van der Waals surface area (Å²) in [6.07, 6.45) is 5.67. The Balaban J connectivity index is 1.28. The second-order valence-corrected chi connectivity index (χ2v) is 19.5. The Bertz CT molecular complexity index is 2470. The van der Waals surface area contributed by atoms with Gasteiger partial charge in [-0.25, -0.2) is 4.79 Å². The van der Waals surface area contributed by atoms with Crippen molar-refractivity contribution in [2.24, 2.45) is 11.3 Å². The van der Waals surface area contributed by atoms with Gasteiger partial charge in [0.25, 0.3) is 0 Å². The van der Waals surface area contributed by atoms with E-state index in [0.717, 1.165) is 34.1 Å². The number of H-pyrrole nitrogens is 1. The number of para-hydroxylation sites is 1. The van der Waals surface area contributed by atoms with Gasteiger partial charge in [0.1, 0.15) is 22.5 Å². The number of carbonyl (C=O) groups excluding carboxylic acids is 4. The number of benzene rings is 2. The third-order valence-corrected chi connectivity index (χ3v) is 16.8. The van der Waals surface area contributed by atoms with Gasteiger partial charge in [0.15, 0.2) is 6.10 Å². The minimum absolute atomic E-state index is 0.0979. The van der Waals surface area contributed by atoms with Gasteiger partial charge < -0.3 is 38.7 Å². The zero-order chi connectivity index (χ0) is 44.6. The molecule has 1 aliphatic carbocycles. The molecule has 1 aromatic heterocycles. The lowest BCUT2D eigenvalue weighted by atomic mass is 9.47. The third kappa shape index (κ3) is 5.38. The highest BCUT2D eigenvalue weighted by atomic mass is 16.6. The maximum Gasteiger partial charge on any atom is 0.344 e. The van der Waals surface area contributed by atoms with Crippen molar-refractivity contribution < 1.29 is 48.0 Å². The van der Waals surface area contributed by atoms with Gasteiger partial charge in [0.05, 0.1) is 33.5 Å². The van der Waals surface area contributed by atoms with E-state index in [9.17, 15) is 19.5 Å². The molecule has 2 aromatic carbocycles. The van der Waals surface area contributed by atoms with Crippen LogP contribution in [0.5, 0.6) is 5.75 Å². The number of aromatic nitrogens is 1. The SMILES string of the molecule is CCC12C=CCN3CC[C@@]4(c5cc([C@@]6(C(=O)OC)CC7CN(C[C@]8(CC)OC78)[C@H](CC(C)=O)Cc7c6[nH]c6ccccc76)c(OC)cc5N(C)[C@H]4[C@@](O)(C(=O)OC)[C@@H]1OC(C)=O)[C@H]32. The summed E-state index contributed by atoms with van der Waals surface area (Å²) in [6, 6.07) is 10.7. The van der Waals surface area contributed by atoms with Gasteiger partial charge >= 0.3 is 17.9 Å². The minimum atomic E-state index is -2.32. The number of rotatable bonds is 9. The van der Waals surface area contributed by atoms with Crippen molar-refractivity contribution in [3.63, 3.8) is 0 Å². The number of ether oxygens (including phenoxy) is 5. The van der Waals surface area contributed by atoms with E-state index in [1.807, 2.05) is 49.2 Å². The summed E-state index contributed by atoms with van der Waals surface area (Å²) in [6.45, 7) is 9.72. The monoisotopic (exact) mass is 864 g/mol. The fourth-order valence-corrected chi connectivity index (χ4v) is 14.5. The lowest BCUT2D eigenvalue weighted by Gasteiger charge is -2.63. The molecule has 0 amide bonds. The van der Waals surface area contributed by atoms with Crippen LogP contribution in [-0.4, -0.2) is 140 Å². The minimum Gasteiger partial charge on any atom is -0.496 e. The Morgan fingerprint density at radius 2 is 1.73 bits per heavy atom. The fraction of sp³-hybridized carbons (Fsp3) is 0.592. The number of hydrogen-bond acceptors (Lipinski definition) is 13. The Morgan fingerprint density at radius 1 is 0.968 bits per heavy atom. The molecule has 10 rings (SSSR count). The molecule has 7 heterocycles. The van der Waals surface area contributed by atoms with E-state index in [2.05, 4.69) is 39.9 Å². The van der Waals surface area contributed by atoms with Crippen LogP contribution in [0.2, 0.25) is 0 Å². The molecule has 2 bridgehead atoms. The highest BCUT2D eigenvalue weighted by molar-refractivity contribution is 5.95. The van der Waals surface area contributed by atoms with Crippen molar-refractivity contribution in [2.45, 2.75) is 119 Å². The molecule has 2 N–H and O–H groups in total. The predicted molar refractivity (Wildman–Crippen MR) is 233 cm³/mol. The molecule has 336 valence electrons. The number of likely N-dealkylation sites (N-methyl/N-ethyl adjacent to an activating group) is 1. The lowest BCUT2D eigenvalue weighted by Crippen LogP contribution is -2.81. The van der Waals surface area contributed by atoms with Crippen molar-refractivity contribution in [1.29, 1.82) is 0 Å². The van der Waals surface area contributed by atoms with E-state index in [-0.39, 0.29) is 29.9 Å². The van der Waals surface area contributed by atoms with Crippen LogP contribution in [0.1, 0.15) is 82.2 Å². The number of esters is 3. The molecule has 1 saturated carbocycles. The highest BCUT2D eigenvalue weighted by Crippen LogP contribution is 2.68. The van der Waals surface area contributed by atoms with Crippen LogP contribution in [-0.2, 0) is 55.4 Å². The number of hydrogen-bond donors (Lipinski definition) is 2. The van der Waals surface area contributed by atoms with E-state index in [4.69, 9.17) is 23.7 Å². The first-order chi connectivity index (χ1) is 30.1.